The van der Waals surface area contributed by atoms with E-state index < -0.39 is 0 Å². The van der Waals surface area contributed by atoms with Gasteiger partial charge >= 0.3 is 0 Å². The molecule has 3 fully saturated rings. The predicted molar refractivity (Wildman–Crippen MR) is 92.6 cm³/mol. The first-order chi connectivity index (χ1) is 12.1. The molecule has 0 N–H and O–H groups in total. The second-order valence-corrected chi connectivity index (χ2v) is 7.74. The summed E-state index contributed by atoms with van der Waals surface area (Å²) in [5.41, 5.74) is 0.775. The minimum Gasteiger partial charge on any atom is -0.342 e. The SMILES string of the molecule is N#Cc1ccc(C(=O)N2CC[C@]3(CCCN(CC4CC4)C3=O)C2)cc1. The van der Waals surface area contributed by atoms with Crippen molar-refractivity contribution in [3.05, 3.63) is 35.4 Å². The molecule has 5 nitrogen and oxygen atoms in total. The van der Waals surface area contributed by atoms with Crippen molar-refractivity contribution in [3.63, 3.8) is 0 Å². The monoisotopic (exact) mass is 337 g/mol. The highest BCUT2D eigenvalue weighted by atomic mass is 16.2. The molecule has 0 radical (unpaired) electrons. The Bertz CT molecular complexity index is 732. The number of hydrogen-bond acceptors (Lipinski definition) is 3. The third-order valence-corrected chi connectivity index (χ3v) is 5.90. The topological polar surface area (TPSA) is 64.4 Å². The van der Waals surface area contributed by atoms with Crippen LogP contribution in [0, 0.1) is 22.7 Å². The number of amides is 2. The molecule has 1 saturated carbocycles. The van der Waals surface area contributed by atoms with E-state index in [0.717, 1.165) is 32.4 Å². The molecule has 2 aliphatic heterocycles. The van der Waals surface area contributed by atoms with E-state index in [-0.39, 0.29) is 17.2 Å². The lowest BCUT2D eigenvalue weighted by Crippen LogP contribution is -2.50. The number of hydrogen-bond donors (Lipinski definition) is 0. The zero-order valence-corrected chi connectivity index (χ0v) is 14.4. The van der Waals surface area contributed by atoms with Crippen molar-refractivity contribution in [2.75, 3.05) is 26.2 Å². The summed E-state index contributed by atoms with van der Waals surface area (Å²) in [5.74, 6) is 0.936. The maximum atomic E-state index is 13.1. The van der Waals surface area contributed by atoms with Crippen molar-refractivity contribution in [1.29, 1.82) is 5.26 Å². The molecule has 25 heavy (non-hydrogen) atoms. The number of nitriles is 1. The lowest BCUT2D eigenvalue weighted by molar-refractivity contribution is -0.145. The molecule has 2 amide bonds. The fourth-order valence-corrected chi connectivity index (χ4v) is 4.23. The van der Waals surface area contributed by atoms with Gasteiger partial charge in [0, 0.05) is 31.7 Å². The summed E-state index contributed by atoms with van der Waals surface area (Å²) in [6, 6.07) is 8.81. The van der Waals surface area contributed by atoms with Gasteiger partial charge in [-0.2, -0.15) is 5.26 Å². The molecule has 1 spiro atoms. The van der Waals surface area contributed by atoms with Gasteiger partial charge in [0.2, 0.25) is 5.91 Å². The summed E-state index contributed by atoms with van der Waals surface area (Å²) < 4.78 is 0. The van der Waals surface area contributed by atoms with Crippen LogP contribution in [0.5, 0.6) is 0 Å². The van der Waals surface area contributed by atoms with Crippen molar-refractivity contribution in [2.24, 2.45) is 11.3 Å². The third-order valence-electron chi connectivity index (χ3n) is 5.90. The van der Waals surface area contributed by atoms with Gasteiger partial charge in [-0.3, -0.25) is 9.59 Å². The van der Waals surface area contributed by atoms with E-state index in [9.17, 15) is 9.59 Å². The van der Waals surface area contributed by atoms with Crippen molar-refractivity contribution in [2.45, 2.75) is 32.1 Å². The molecule has 0 bridgehead atoms. The summed E-state index contributed by atoms with van der Waals surface area (Å²) in [4.78, 5) is 29.7. The van der Waals surface area contributed by atoms with Gasteiger partial charge in [0.25, 0.3) is 5.91 Å². The van der Waals surface area contributed by atoms with Crippen LogP contribution in [-0.4, -0.2) is 47.8 Å². The Hall–Kier alpha value is -2.35. The number of rotatable bonds is 3. The number of benzene rings is 1. The number of carbonyl (C=O) groups excluding carboxylic acids is 2. The number of piperidine rings is 1. The minimum atomic E-state index is -0.366. The average Bonchev–Trinajstić information content (AvgIpc) is 3.36. The summed E-state index contributed by atoms with van der Waals surface area (Å²) >= 11 is 0. The summed E-state index contributed by atoms with van der Waals surface area (Å²) in [7, 11) is 0. The Morgan fingerprint density at radius 2 is 1.96 bits per heavy atom. The number of carbonyl (C=O) groups is 2. The lowest BCUT2D eigenvalue weighted by atomic mass is 9.78. The highest BCUT2D eigenvalue weighted by Crippen LogP contribution is 2.42. The van der Waals surface area contributed by atoms with Gasteiger partial charge in [0.15, 0.2) is 0 Å². The van der Waals surface area contributed by atoms with Crippen LogP contribution in [0.3, 0.4) is 0 Å². The minimum absolute atomic E-state index is 0.0338. The van der Waals surface area contributed by atoms with Gasteiger partial charge in [-0.1, -0.05) is 0 Å². The zero-order valence-electron chi connectivity index (χ0n) is 14.4. The highest BCUT2D eigenvalue weighted by molar-refractivity contribution is 5.95. The smallest absolute Gasteiger partial charge is 0.253 e. The summed E-state index contributed by atoms with van der Waals surface area (Å²) in [6.45, 7) is 2.96. The van der Waals surface area contributed by atoms with E-state index in [1.165, 1.54) is 12.8 Å². The van der Waals surface area contributed by atoms with Crippen molar-refractivity contribution in [3.8, 4) is 6.07 Å². The van der Waals surface area contributed by atoms with E-state index in [1.54, 1.807) is 24.3 Å². The van der Waals surface area contributed by atoms with Crippen molar-refractivity contribution < 1.29 is 9.59 Å². The maximum Gasteiger partial charge on any atom is 0.253 e. The first kappa shape index (κ1) is 16.1. The first-order valence-electron chi connectivity index (χ1n) is 9.20. The fraction of sp³-hybridized carbons (Fsp3) is 0.550. The van der Waals surface area contributed by atoms with Crippen LogP contribution in [0.1, 0.15) is 48.0 Å². The zero-order chi connectivity index (χ0) is 17.4. The quantitative estimate of drug-likeness (QED) is 0.851. The molecule has 1 aliphatic carbocycles. The van der Waals surface area contributed by atoms with Gasteiger partial charge in [-0.05, 0) is 62.3 Å². The molecule has 0 unspecified atom stereocenters. The molecule has 4 rings (SSSR count). The highest BCUT2D eigenvalue weighted by Gasteiger charge is 2.49. The molecular formula is C20H23N3O2. The average molecular weight is 337 g/mol. The van der Waals surface area contributed by atoms with Crippen LogP contribution in [0.4, 0.5) is 0 Å². The lowest BCUT2D eigenvalue weighted by Gasteiger charge is -2.39. The van der Waals surface area contributed by atoms with Crippen molar-refractivity contribution >= 4 is 11.8 Å². The van der Waals surface area contributed by atoms with Crippen LogP contribution in [0.15, 0.2) is 24.3 Å². The van der Waals surface area contributed by atoms with E-state index in [1.807, 2.05) is 4.90 Å². The Labute approximate surface area is 148 Å². The van der Waals surface area contributed by atoms with Crippen LogP contribution in [0.25, 0.3) is 0 Å². The Kier molecular flexibility index (Phi) is 3.99. The second-order valence-electron chi connectivity index (χ2n) is 7.74. The van der Waals surface area contributed by atoms with E-state index in [2.05, 4.69) is 11.0 Å². The molecule has 1 aromatic rings. The molecule has 1 atom stereocenters. The molecule has 2 saturated heterocycles. The molecular weight excluding hydrogens is 314 g/mol. The largest absolute Gasteiger partial charge is 0.342 e. The van der Waals surface area contributed by atoms with Crippen LogP contribution in [-0.2, 0) is 4.79 Å². The first-order valence-corrected chi connectivity index (χ1v) is 9.20. The Balaban J connectivity index is 1.46. The van der Waals surface area contributed by atoms with Gasteiger partial charge in [-0.15, -0.1) is 0 Å². The summed E-state index contributed by atoms with van der Waals surface area (Å²) in [6.07, 6.45) is 5.21. The van der Waals surface area contributed by atoms with Gasteiger partial charge in [0.05, 0.1) is 17.0 Å². The molecule has 0 aromatic heterocycles. The normalized spacial score (nSPS) is 26.1. The van der Waals surface area contributed by atoms with E-state index >= 15 is 0 Å². The van der Waals surface area contributed by atoms with Gasteiger partial charge < -0.3 is 9.80 Å². The predicted octanol–water partition coefficient (Wildman–Crippen LogP) is 2.42. The molecule has 1 aromatic carbocycles. The van der Waals surface area contributed by atoms with E-state index in [4.69, 9.17) is 5.26 Å². The Morgan fingerprint density at radius 3 is 2.64 bits per heavy atom. The van der Waals surface area contributed by atoms with Crippen LogP contribution >= 0.6 is 0 Å². The van der Waals surface area contributed by atoms with Crippen LogP contribution in [0.2, 0.25) is 0 Å². The Morgan fingerprint density at radius 1 is 1.20 bits per heavy atom. The molecule has 3 aliphatic rings. The second kappa shape index (κ2) is 6.18. The van der Waals surface area contributed by atoms with Crippen LogP contribution < -0.4 is 0 Å². The molecule has 2 heterocycles. The number of nitrogens with zero attached hydrogens (tertiary/aromatic N) is 3. The van der Waals surface area contributed by atoms with Gasteiger partial charge in [0.1, 0.15) is 0 Å². The third kappa shape index (κ3) is 3.02. The fourth-order valence-electron chi connectivity index (χ4n) is 4.23. The standard InChI is InChI=1S/C20H23N3O2/c21-12-15-4-6-17(7-5-15)18(24)23-11-9-20(14-23)8-1-10-22(19(20)25)13-16-2-3-16/h4-7,16H,1-3,8-11,13-14H2/t20-/m1/s1. The number of likely N-dealkylation sites (tertiary alicyclic amines) is 2. The molecule has 5 heteroatoms. The summed E-state index contributed by atoms with van der Waals surface area (Å²) in [5, 5.41) is 8.88. The van der Waals surface area contributed by atoms with Gasteiger partial charge in [-0.25, -0.2) is 0 Å². The maximum absolute atomic E-state index is 13.1. The molecule has 130 valence electrons. The van der Waals surface area contributed by atoms with E-state index in [0.29, 0.717) is 30.1 Å². The van der Waals surface area contributed by atoms with Crippen molar-refractivity contribution in [1.82, 2.24) is 9.80 Å².